The maximum absolute atomic E-state index is 14.6. The summed E-state index contributed by atoms with van der Waals surface area (Å²) in [6, 6.07) is 4.45. The minimum atomic E-state index is -4.74. The van der Waals surface area contributed by atoms with Crippen LogP contribution in [0, 0.1) is 5.82 Å². The molecule has 0 atom stereocenters. The summed E-state index contributed by atoms with van der Waals surface area (Å²) in [5.41, 5.74) is 1.37. The highest BCUT2D eigenvalue weighted by Crippen LogP contribution is 2.29. The van der Waals surface area contributed by atoms with Crippen LogP contribution in [0.2, 0.25) is 0 Å². The monoisotopic (exact) mass is 586 g/mol. The summed E-state index contributed by atoms with van der Waals surface area (Å²) in [5, 5.41) is 5.57. The largest absolute Gasteiger partial charge is 0.494 e. The molecule has 0 amide bonds. The second kappa shape index (κ2) is 13.7. The Bertz CT molecular complexity index is 1570. The Morgan fingerprint density at radius 1 is 1.07 bits per heavy atom. The van der Waals surface area contributed by atoms with Crippen LogP contribution in [0.3, 0.4) is 0 Å². The van der Waals surface area contributed by atoms with Gasteiger partial charge >= 0.3 is 12.8 Å². The van der Waals surface area contributed by atoms with E-state index in [1.165, 1.54) is 30.1 Å². The Morgan fingerprint density at radius 2 is 1.78 bits per heavy atom. The molecule has 0 unspecified atom stereocenters. The summed E-state index contributed by atoms with van der Waals surface area (Å²) in [7, 11) is 1.48. The quantitative estimate of drug-likeness (QED) is 0.218. The number of ether oxygens (including phenoxy) is 2. The fourth-order valence-electron chi connectivity index (χ4n) is 3.65. The summed E-state index contributed by atoms with van der Waals surface area (Å²) >= 11 is 0. The number of unbranched alkanes of at least 4 members (excludes halogenated alkanes) is 2. The van der Waals surface area contributed by atoms with Crippen LogP contribution in [0.4, 0.5) is 32.0 Å². The molecule has 0 saturated carbocycles. The molecule has 3 N–H and O–H groups in total. The van der Waals surface area contributed by atoms with Gasteiger partial charge in [-0.15, -0.1) is 0 Å². The summed E-state index contributed by atoms with van der Waals surface area (Å²) < 4.78 is 85.0. The van der Waals surface area contributed by atoms with E-state index in [-0.39, 0.29) is 28.9 Å². The van der Waals surface area contributed by atoms with E-state index in [0.29, 0.717) is 36.9 Å². The van der Waals surface area contributed by atoms with Gasteiger partial charge in [0.2, 0.25) is 0 Å². The molecule has 3 heterocycles. The molecule has 16 heteroatoms. The fraction of sp³-hybridized carbons (Fsp3) is 0.320. The molecular formula is C25H24F6N6O4. The molecule has 0 fully saturated rings. The number of hydrogen-bond donors (Lipinski definition) is 2. The third-order valence-electron chi connectivity index (χ3n) is 5.63. The number of H-pyrrole nitrogens is 1. The minimum absolute atomic E-state index is 0.0221. The van der Waals surface area contributed by atoms with Crippen molar-refractivity contribution in [2.75, 3.05) is 19.5 Å². The molecule has 0 saturated heterocycles. The van der Waals surface area contributed by atoms with Crippen LogP contribution in [-0.2, 0) is 17.5 Å². The number of benzene rings is 1. The number of aromatic amines is 1. The standard InChI is InChI=1S/C20H20F3N3O3.C5H4F3N3O/c1-28-14-11-24-18(25-12-14)16-9-13-5-7-26(19(27)15(13)10-17(16)21)6-3-2-4-8-29-20(22)23;6-5(7,8)3-2(9)1-10-11-4(3)12/h5,7,9-12,20H,2-4,6,8H2,1H3;1H,(H3,9,11,12). The Kier molecular flexibility index (Phi) is 10.4. The molecule has 0 radical (unpaired) electrons. The molecule has 0 bridgehead atoms. The Hall–Kier alpha value is -4.47. The first-order chi connectivity index (χ1) is 19.4. The minimum Gasteiger partial charge on any atom is -0.494 e. The zero-order chi connectivity index (χ0) is 30.2. The van der Waals surface area contributed by atoms with E-state index >= 15 is 0 Å². The van der Waals surface area contributed by atoms with Gasteiger partial charge in [-0.3, -0.25) is 9.59 Å². The van der Waals surface area contributed by atoms with Crippen molar-refractivity contribution in [2.24, 2.45) is 0 Å². The summed E-state index contributed by atoms with van der Waals surface area (Å²) in [5.74, 6) is 0.0562. The predicted octanol–water partition coefficient (Wildman–Crippen LogP) is 4.39. The number of anilines is 1. The van der Waals surface area contributed by atoms with Crippen molar-refractivity contribution in [3.63, 3.8) is 0 Å². The molecule has 10 nitrogen and oxygen atoms in total. The number of fused-ring (bicyclic) bond motifs is 1. The molecule has 220 valence electrons. The van der Waals surface area contributed by atoms with Gasteiger partial charge in [-0.05, 0) is 42.8 Å². The number of nitrogens with zero attached hydrogens (tertiary/aromatic N) is 4. The molecule has 3 aromatic heterocycles. The lowest BCUT2D eigenvalue weighted by Crippen LogP contribution is -2.24. The first kappa shape index (κ1) is 31.1. The van der Waals surface area contributed by atoms with Gasteiger partial charge < -0.3 is 19.8 Å². The number of rotatable bonds is 9. The van der Waals surface area contributed by atoms with Crippen LogP contribution in [0.15, 0.2) is 52.6 Å². The van der Waals surface area contributed by atoms with Gasteiger partial charge in [-0.25, -0.2) is 19.5 Å². The van der Waals surface area contributed by atoms with Gasteiger partial charge in [0, 0.05) is 12.7 Å². The lowest BCUT2D eigenvalue weighted by molar-refractivity contribution is -0.138. The second-order valence-electron chi connectivity index (χ2n) is 8.40. The topological polar surface area (TPSA) is 138 Å². The number of alkyl halides is 5. The Labute approximate surface area is 227 Å². The zero-order valence-electron chi connectivity index (χ0n) is 21.4. The van der Waals surface area contributed by atoms with Crippen molar-refractivity contribution >= 4 is 16.5 Å². The molecule has 0 aliphatic rings. The highest BCUT2D eigenvalue weighted by atomic mass is 19.4. The molecule has 0 aliphatic heterocycles. The van der Waals surface area contributed by atoms with E-state index in [0.717, 1.165) is 6.20 Å². The van der Waals surface area contributed by atoms with Gasteiger partial charge in [-0.2, -0.15) is 27.1 Å². The van der Waals surface area contributed by atoms with Crippen molar-refractivity contribution < 1.29 is 35.8 Å². The van der Waals surface area contributed by atoms with Gasteiger partial charge in [0.1, 0.15) is 11.4 Å². The first-order valence-electron chi connectivity index (χ1n) is 11.9. The van der Waals surface area contributed by atoms with Crippen LogP contribution in [0.1, 0.15) is 24.8 Å². The number of nitrogen functional groups attached to an aromatic ring is 1. The smallest absolute Gasteiger partial charge is 0.423 e. The van der Waals surface area contributed by atoms with E-state index in [2.05, 4.69) is 19.8 Å². The Morgan fingerprint density at radius 3 is 2.37 bits per heavy atom. The number of pyridine rings is 1. The average Bonchev–Trinajstić information content (AvgIpc) is 2.91. The molecule has 4 aromatic rings. The molecular weight excluding hydrogens is 562 g/mol. The number of aryl methyl sites for hydroxylation is 1. The molecule has 41 heavy (non-hydrogen) atoms. The van der Waals surface area contributed by atoms with Crippen LogP contribution >= 0.6 is 0 Å². The molecule has 0 spiro atoms. The van der Waals surface area contributed by atoms with Crippen LogP contribution in [0.25, 0.3) is 22.2 Å². The zero-order valence-corrected chi connectivity index (χ0v) is 21.4. The first-order valence-corrected chi connectivity index (χ1v) is 11.9. The Balaban J connectivity index is 0.000000322. The van der Waals surface area contributed by atoms with Gasteiger partial charge in [-0.1, -0.05) is 0 Å². The third-order valence-corrected chi connectivity index (χ3v) is 5.63. The van der Waals surface area contributed by atoms with E-state index in [1.54, 1.807) is 23.4 Å². The van der Waals surface area contributed by atoms with Crippen molar-refractivity contribution in [1.82, 2.24) is 24.7 Å². The van der Waals surface area contributed by atoms with Crippen molar-refractivity contribution in [2.45, 2.75) is 38.6 Å². The van der Waals surface area contributed by atoms with Crippen molar-refractivity contribution in [3.05, 3.63) is 75.1 Å². The van der Waals surface area contributed by atoms with Crippen LogP contribution in [-0.4, -0.2) is 45.1 Å². The lowest BCUT2D eigenvalue weighted by atomic mass is 10.1. The number of nitrogens with one attached hydrogen (secondary N) is 1. The highest BCUT2D eigenvalue weighted by Gasteiger charge is 2.36. The maximum Gasteiger partial charge on any atom is 0.423 e. The number of nitrogens with two attached hydrogens (primary N) is 1. The molecule has 4 rings (SSSR count). The summed E-state index contributed by atoms with van der Waals surface area (Å²) in [6.07, 6.45) is 2.26. The summed E-state index contributed by atoms with van der Waals surface area (Å²) in [6.45, 7) is -2.37. The summed E-state index contributed by atoms with van der Waals surface area (Å²) in [4.78, 5) is 31.4. The van der Waals surface area contributed by atoms with E-state index in [4.69, 9.17) is 10.5 Å². The number of hydrogen-bond acceptors (Lipinski definition) is 8. The highest BCUT2D eigenvalue weighted by molar-refractivity contribution is 5.86. The third kappa shape index (κ3) is 8.26. The SMILES string of the molecule is COc1cnc(-c2cc3ccn(CCCCCOC(F)F)c(=O)c3cc2F)nc1.Nc1cn[nH]c(=O)c1C(F)(F)F. The van der Waals surface area contributed by atoms with E-state index in [9.17, 15) is 35.9 Å². The normalized spacial score (nSPS) is 11.4. The lowest BCUT2D eigenvalue weighted by Gasteiger charge is -2.09. The van der Waals surface area contributed by atoms with Gasteiger partial charge in [0.25, 0.3) is 11.1 Å². The van der Waals surface area contributed by atoms with Gasteiger partial charge in [0.05, 0.1) is 48.9 Å². The average molecular weight is 586 g/mol. The van der Waals surface area contributed by atoms with E-state index < -0.39 is 35.4 Å². The molecule has 1 aromatic carbocycles. The van der Waals surface area contributed by atoms with Crippen molar-refractivity contribution in [3.8, 4) is 17.1 Å². The number of aromatic nitrogens is 5. The predicted molar refractivity (Wildman–Crippen MR) is 136 cm³/mol. The maximum atomic E-state index is 14.6. The van der Waals surface area contributed by atoms with Crippen molar-refractivity contribution in [1.29, 1.82) is 0 Å². The van der Waals surface area contributed by atoms with Gasteiger partial charge in [0.15, 0.2) is 11.6 Å². The second-order valence-corrected chi connectivity index (χ2v) is 8.40. The number of halogens is 6. The molecule has 0 aliphatic carbocycles. The van der Waals surface area contributed by atoms with Crippen LogP contribution in [0.5, 0.6) is 5.75 Å². The number of methoxy groups -OCH3 is 1. The van der Waals surface area contributed by atoms with E-state index in [1.807, 2.05) is 0 Å². The van der Waals surface area contributed by atoms with Crippen LogP contribution < -0.4 is 21.6 Å². The fourth-order valence-corrected chi connectivity index (χ4v) is 3.65.